The van der Waals surface area contributed by atoms with E-state index in [1.807, 2.05) is 11.8 Å². The monoisotopic (exact) mass is 408 g/mol. The third kappa shape index (κ3) is 4.86. The van der Waals surface area contributed by atoms with E-state index in [0.717, 1.165) is 6.42 Å². The number of hydrogen-bond acceptors (Lipinski definition) is 1. The van der Waals surface area contributed by atoms with E-state index in [0.29, 0.717) is 0 Å². The van der Waals surface area contributed by atoms with Crippen molar-refractivity contribution in [1.29, 1.82) is 0 Å². The standard InChI is InChI=1S/C29H28S/c1-20-5-11-24(12-6-20)17-25-13-9-22(3)28(18-25)29-19-27(16-10-23(29)4)30-26-14-7-21(2)8-15-26/h5-16,18-19H,17H2,1-4H3. The molecule has 0 nitrogen and oxygen atoms in total. The smallest absolute Gasteiger partial charge is 0.0128 e. The predicted octanol–water partition coefficient (Wildman–Crippen LogP) is 8.33. The highest BCUT2D eigenvalue weighted by Crippen LogP contribution is 2.35. The summed E-state index contributed by atoms with van der Waals surface area (Å²) in [5.41, 5.74) is 10.6. The van der Waals surface area contributed by atoms with Gasteiger partial charge in [-0.1, -0.05) is 83.6 Å². The van der Waals surface area contributed by atoms with Crippen LogP contribution in [0.3, 0.4) is 0 Å². The van der Waals surface area contributed by atoms with Crippen LogP contribution in [0.5, 0.6) is 0 Å². The molecule has 150 valence electrons. The largest absolute Gasteiger partial charge is 0.0901 e. The maximum Gasteiger partial charge on any atom is 0.0128 e. The average molecular weight is 409 g/mol. The average Bonchev–Trinajstić information content (AvgIpc) is 2.74. The molecule has 0 bridgehead atoms. The molecular formula is C29H28S. The second-order valence-electron chi connectivity index (χ2n) is 8.20. The van der Waals surface area contributed by atoms with Gasteiger partial charge in [-0.2, -0.15) is 0 Å². The summed E-state index contributed by atoms with van der Waals surface area (Å²) in [7, 11) is 0. The number of rotatable bonds is 5. The zero-order valence-electron chi connectivity index (χ0n) is 18.2. The lowest BCUT2D eigenvalue weighted by atomic mass is 9.93. The van der Waals surface area contributed by atoms with Crippen molar-refractivity contribution in [2.24, 2.45) is 0 Å². The van der Waals surface area contributed by atoms with E-state index in [1.54, 1.807) is 0 Å². The Balaban J connectivity index is 1.65. The molecule has 1 heteroatoms. The highest BCUT2D eigenvalue weighted by Gasteiger charge is 2.09. The van der Waals surface area contributed by atoms with Gasteiger partial charge in [0.25, 0.3) is 0 Å². The molecule has 0 radical (unpaired) electrons. The Morgan fingerprint density at radius 3 is 1.67 bits per heavy atom. The number of aryl methyl sites for hydroxylation is 4. The Hall–Kier alpha value is -2.77. The van der Waals surface area contributed by atoms with Gasteiger partial charge in [0.2, 0.25) is 0 Å². The Labute approximate surface area is 185 Å². The second-order valence-corrected chi connectivity index (χ2v) is 9.35. The quantitative estimate of drug-likeness (QED) is 0.320. The number of hydrogen-bond donors (Lipinski definition) is 0. The molecule has 0 unspecified atom stereocenters. The maximum atomic E-state index is 2.37. The lowest BCUT2D eigenvalue weighted by molar-refractivity contribution is 1.18. The van der Waals surface area contributed by atoms with Gasteiger partial charge in [-0.25, -0.2) is 0 Å². The van der Waals surface area contributed by atoms with E-state index in [4.69, 9.17) is 0 Å². The van der Waals surface area contributed by atoms with Crippen LogP contribution < -0.4 is 0 Å². The van der Waals surface area contributed by atoms with Crippen LogP contribution in [0.2, 0.25) is 0 Å². The SMILES string of the molecule is Cc1ccc(Cc2ccc(C)c(-c3cc(Sc4ccc(C)cc4)ccc3C)c2)cc1. The molecule has 0 saturated heterocycles. The summed E-state index contributed by atoms with van der Waals surface area (Å²) in [4.78, 5) is 2.56. The van der Waals surface area contributed by atoms with Crippen molar-refractivity contribution in [3.63, 3.8) is 0 Å². The van der Waals surface area contributed by atoms with Crippen molar-refractivity contribution < 1.29 is 0 Å². The minimum absolute atomic E-state index is 0.963. The van der Waals surface area contributed by atoms with Crippen LogP contribution >= 0.6 is 11.8 Å². The first-order valence-corrected chi connectivity index (χ1v) is 11.3. The molecule has 0 aromatic heterocycles. The van der Waals surface area contributed by atoms with Gasteiger partial charge in [-0.3, -0.25) is 0 Å². The highest BCUT2D eigenvalue weighted by molar-refractivity contribution is 7.99. The molecule has 0 aliphatic rings. The fourth-order valence-electron chi connectivity index (χ4n) is 3.71. The van der Waals surface area contributed by atoms with Crippen LogP contribution in [0.4, 0.5) is 0 Å². The van der Waals surface area contributed by atoms with E-state index in [9.17, 15) is 0 Å². The van der Waals surface area contributed by atoms with Crippen LogP contribution in [0.15, 0.2) is 94.7 Å². The highest BCUT2D eigenvalue weighted by atomic mass is 32.2. The normalized spacial score (nSPS) is 10.9. The molecule has 30 heavy (non-hydrogen) atoms. The molecule has 0 atom stereocenters. The zero-order valence-corrected chi connectivity index (χ0v) is 19.0. The van der Waals surface area contributed by atoms with Crippen LogP contribution in [-0.2, 0) is 6.42 Å². The van der Waals surface area contributed by atoms with Gasteiger partial charge in [0.05, 0.1) is 0 Å². The minimum Gasteiger partial charge on any atom is -0.0901 e. The van der Waals surface area contributed by atoms with Gasteiger partial charge in [0.15, 0.2) is 0 Å². The van der Waals surface area contributed by atoms with E-state index >= 15 is 0 Å². The van der Waals surface area contributed by atoms with Crippen molar-refractivity contribution in [1.82, 2.24) is 0 Å². The molecule has 4 aromatic carbocycles. The van der Waals surface area contributed by atoms with Crippen molar-refractivity contribution in [3.05, 3.63) is 118 Å². The molecule has 0 spiro atoms. The fraction of sp³-hybridized carbons (Fsp3) is 0.172. The van der Waals surface area contributed by atoms with Gasteiger partial charge in [0, 0.05) is 9.79 Å². The van der Waals surface area contributed by atoms with Crippen LogP contribution in [0.1, 0.15) is 33.4 Å². The summed E-state index contributed by atoms with van der Waals surface area (Å²) >= 11 is 1.83. The lowest BCUT2D eigenvalue weighted by Crippen LogP contribution is -1.93. The van der Waals surface area contributed by atoms with Gasteiger partial charge < -0.3 is 0 Å². The van der Waals surface area contributed by atoms with Crippen LogP contribution in [0.25, 0.3) is 11.1 Å². The molecule has 0 aliphatic carbocycles. The molecule has 0 saturated carbocycles. The van der Waals surface area contributed by atoms with Gasteiger partial charge in [0.1, 0.15) is 0 Å². The first-order chi connectivity index (χ1) is 14.5. The second kappa shape index (κ2) is 8.93. The molecule has 4 aromatic rings. The van der Waals surface area contributed by atoms with Gasteiger partial charge in [-0.05, 0) is 91.8 Å². The van der Waals surface area contributed by atoms with Gasteiger partial charge >= 0.3 is 0 Å². The lowest BCUT2D eigenvalue weighted by Gasteiger charge is -2.14. The summed E-state index contributed by atoms with van der Waals surface area (Å²) in [6.07, 6.45) is 0.963. The maximum absolute atomic E-state index is 2.37. The minimum atomic E-state index is 0.963. The zero-order chi connectivity index (χ0) is 21.1. The molecular weight excluding hydrogens is 380 g/mol. The molecule has 0 amide bonds. The van der Waals surface area contributed by atoms with E-state index in [-0.39, 0.29) is 0 Å². The Bertz CT molecular complexity index is 1060. The Morgan fingerprint density at radius 2 is 1.00 bits per heavy atom. The van der Waals surface area contributed by atoms with Crippen LogP contribution in [0, 0.1) is 27.7 Å². The summed E-state index contributed by atoms with van der Waals surface area (Å²) < 4.78 is 0. The summed E-state index contributed by atoms with van der Waals surface area (Å²) in [6, 6.07) is 31.3. The fourth-order valence-corrected chi connectivity index (χ4v) is 4.57. The molecule has 0 fully saturated rings. The Morgan fingerprint density at radius 1 is 0.500 bits per heavy atom. The molecule has 0 N–H and O–H groups in total. The predicted molar refractivity (Wildman–Crippen MR) is 131 cm³/mol. The molecule has 0 heterocycles. The first-order valence-electron chi connectivity index (χ1n) is 10.5. The first kappa shape index (κ1) is 20.5. The van der Waals surface area contributed by atoms with Crippen molar-refractivity contribution in [2.75, 3.05) is 0 Å². The van der Waals surface area contributed by atoms with E-state index in [2.05, 4.69) is 113 Å². The van der Waals surface area contributed by atoms with Crippen molar-refractivity contribution in [3.8, 4) is 11.1 Å². The van der Waals surface area contributed by atoms with E-state index < -0.39 is 0 Å². The van der Waals surface area contributed by atoms with Crippen molar-refractivity contribution in [2.45, 2.75) is 43.9 Å². The van der Waals surface area contributed by atoms with Gasteiger partial charge in [-0.15, -0.1) is 0 Å². The third-order valence-corrected chi connectivity index (χ3v) is 6.58. The third-order valence-electron chi connectivity index (χ3n) is 5.59. The molecule has 4 rings (SSSR count). The van der Waals surface area contributed by atoms with E-state index in [1.165, 1.54) is 54.3 Å². The summed E-state index contributed by atoms with van der Waals surface area (Å²) in [6.45, 7) is 8.69. The number of benzene rings is 4. The summed E-state index contributed by atoms with van der Waals surface area (Å²) in [5, 5.41) is 0. The summed E-state index contributed by atoms with van der Waals surface area (Å²) in [5.74, 6) is 0. The Kier molecular flexibility index (Phi) is 6.11. The molecule has 0 aliphatic heterocycles. The van der Waals surface area contributed by atoms with Crippen molar-refractivity contribution >= 4 is 11.8 Å². The topological polar surface area (TPSA) is 0 Å². The van der Waals surface area contributed by atoms with Crippen LogP contribution in [-0.4, -0.2) is 0 Å².